The number of rotatable bonds is 3. The second kappa shape index (κ2) is 4.77. The van der Waals surface area contributed by atoms with E-state index in [1.165, 1.54) is 0 Å². The van der Waals surface area contributed by atoms with Gasteiger partial charge in [-0.3, -0.25) is 4.79 Å². The van der Waals surface area contributed by atoms with Gasteiger partial charge >= 0.3 is 5.97 Å². The van der Waals surface area contributed by atoms with Crippen molar-refractivity contribution in [1.29, 1.82) is 0 Å². The van der Waals surface area contributed by atoms with E-state index in [1.807, 2.05) is 17.5 Å². The van der Waals surface area contributed by atoms with E-state index in [0.717, 1.165) is 30.8 Å². The maximum atomic E-state index is 11.3. The smallest absolute Gasteiger partial charge is 0.312 e. The van der Waals surface area contributed by atoms with Crippen LogP contribution in [0.15, 0.2) is 17.5 Å². The normalized spacial score (nSPS) is 23.6. The van der Waals surface area contributed by atoms with Crippen LogP contribution in [0.4, 0.5) is 0 Å². The molecule has 0 bridgehead atoms. The summed E-state index contributed by atoms with van der Waals surface area (Å²) in [6.45, 7) is 1.85. The number of aliphatic carboxylic acids is 1. The zero-order chi connectivity index (χ0) is 10.7. The van der Waals surface area contributed by atoms with E-state index in [2.05, 4.69) is 5.32 Å². The lowest BCUT2D eigenvalue weighted by Gasteiger charge is -2.27. The second-order valence-electron chi connectivity index (χ2n) is 3.94. The Morgan fingerprint density at radius 2 is 2.53 bits per heavy atom. The molecule has 15 heavy (non-hydrogen) atoms. The maximum Gasteiger partial charge on any atom is 0.312 e. The topological polar surface area (TPSA) is 49.3 Å². The molecule has 4 heteroatoms. The van der Waals surface area contributed by atoms with Crippen molar-refractivity contribution in [3.8, 4) is 0 Å². The Balaban J connectivity index is 2.15. The number of carbonyl (C=O) groups is 1. The van der Waals surface area contributed by atoms with E-state index >= 15 is 0 Å². The number of hydrogen-bond acceptors (Lipinski definition) is 3. The molecule has 2 heterocycles. The molecule has 1 aliphatic heterocycles. The predicted molar refractivity (Wildman–Crippen MR) is 60.3 cm³/mol. The van der Waals surface area contributed by atoms with Gasteiger partial charge in [-0.15, -0.1) is 11.3 Å². The van der Waals surface area contributed by atoms with E-state index in [4.69, 9.17) is 0 Å². The van der Waals surface area contributed by atoms with Crippen molar-refractivity contribution in [2.24, 2.45) is 5.92 Å². The van der Waals surface area contributed by atoms with E-state index in [9.17, 15) is 9.90 Å². The summed E-state index contributed by atoms with van der Waals surface area (Å²) < 4.78 is 0. The molecule has 2 atom stereocenters. The van der Waals surface area contributed by atoms with Gasteiger partial charge in [0, 0.05) is 4.88 Å². The summed E-state index contributed by atoms with van der Waals surface area (Å²) in [6.07, 6.45) is 2.10. The fourth-order valence-corrected chi connectivity index (χ4v) is 3.10. The summed E-state index contributed by atoms with van der Waals surface area (Å²) in [6, 6.07) is 3.85. The SMILES string of the molecule is O=C(O)C(c1cccs1)C1CCCNC1. The van der Waals surface area contributed by atoms with Crippen LogP contribution in [0.1, 0.15) is 23.6 Å². The zero-order valence-electron chi connectivity index (χ0n) is 8.48. The molecular formula is C11H15NO2S. The van der Waals surface area contributed by atoms with Crippen LogP contribution < -0.4 is 5.32 Å². The van der Waals surface area contributed by atoms with Gasteiger partial charge < -0.3 is 10.4 Å². The second-order valence-corrected chi connectivity index (χ2v) is 4.92. The fourth-order valence-electron chi connectivity index (χ4n) is 2.19. The molecule has 0 aromatic carbocycles. The number of carboxylic acid groups (broad SMARTS) is 1. The molecule has 0 aliphatic carbocycles. The highest BCUT2D eigenvalue weighted by Crippen LogP contribution is 2.32. The van der Waals surface area contributed by atoms with Gasteiger partial charge in [-0.25, -0.2) is 0 Å². The number of hydrogen-bond donors (Lipinski definition) is 2. The summed E-state index contributed by atoms with van der Waals surface area (Å²) in [5.41, 5.74) is 0. The standard InChI is InChI=1S/C11H15NO2S/c13-11(14)10(9-4-2-6-15-9)8-3-1-5-12-7-8/h2,4,6,8,10,12H,1,3,5,7H2,(H,13,14). The molecule has 3 nitrogen and oxygen atoms in total. The average molecular weight is 225 g/mol. The lowest BCUT2D eigenvalue weighted by Crippen LogP contribution is -2.35. The lowest BCUT2D eigenvalue weighted by molar-refractivity contribution is -0.140. The molecule has 1 fully saturated rings. The number of piperidine rings is 1. The van der Waals surface area contributed by atoms with Crippen molar-refractivity contribution < 1.29 is 9.90 Å². The van der Waals surface area contributed by atoms with Crippen molar-refractivity contribution in [3.63, 3.8) is 0 Å². The van der Waals surface area contributed by atoms with Gasteiger partial charge in [0.2, 0.25) is 0 Å². The Morgan fingerprint density at radius 1 is 1.67 bits per heavy atom. The fraction of sp³-hybridized carbons (Fsp3) is 0.545. The van der Waals surface area contributed by atoms with Gasteiger partial charge in [0.1, 0.15) is 0 Å². The number of carboxylic acids is 1. The summed E-state index contributed by atoms with van der Waals surface area (Å²) >= 11 is 1.54. The summed E-state index contributed by atoms with van der Waals surface area (Å²) in [5.74, 6) is -0.765. The van der Waals surface area contributed by atoms with Crippen molar-refractivity contribution >= 4 is 17.3 Å². The summed E-state index contributed by atoms with van der Waals surface area (Å²) in [7, 11) is 0. The first-order chi connectivity index (χ1) is 7.29. The highest BCUT2D eigenvalue weighted by molar-refractivity contribution is 7.10. The van der Waals surface area contributed by atoms with Crippen LogP contribution in [0, 0.1) is 5.92 Å². The molecule has 2 unspecified atom stereocenters. The van der Waals surface area contributed by atoms with Crippen molar-refractivity contribution in [2.75, 3.05) is 13.1 Å². The van der Waals surface area contributed by atoms with E-state index in [1.54, 1.807) is 11.3 Å². The maximum absolute atomic E-state index is 11.3. The monoisotopic (exact) mass is 225 g/mol. The minimum absolute atomic E-state index is 0.245. The first-order valence-corrected chi connectivity index (χ1v) is 6.14. The highest BCUT2D eigenvalue weighted by Gasteiger charge is 2.31. The number of nitrogens with one attached hydrogen (secondary N) is 1. The Kier molecular flexibility index (Phi) is 3.38. The molecule has 1 aliphatic rings. The Hall–Kier alpha value is -0.870. The molecule has 1 saturated heterocycles. The zero-order valence-corrected chi connectivity index (χ0v) is 9.30. The third kappa shape index (κ3) is 2.38. The van der Waals surface area contributed by atoms with Gasteiger partial charge in [-0.05, 0) is 43.3 Å². The summed E-state index contributed by atoms with van der Waals surface area (Å²) in [5, 5.41) is 14.5. The van der Waals surface area contributed by atoms with Crippen molar-refractivity contribution in [2.45, 2.75) is 18.8 Å². The third-order valence-electron chi connectivity index (χ3n) is 2.92. The molecule has 0 amide bonds. The van der Waals surface area contributed by atoms with E-state index < -0.39 is 5.97 Å². The van der Waals surface area contributed by atoms with Gasteiger partial charge in [0.15, 0.2) is 0 Å². The Bertz CT molecular complexity index is 317. The van der Waals surface area contributed by atoms with Gasteiger partial charge in [-0.2, -0.15) is 0 Å². The van der Waals surface area contributed by atoms with Crippen molar-refractivity contribution in [1.82, 2.24) is 5.32 Å². The largest absolute Gasteiger partial charge is 0.481 e. The lowest BCUT2D eigenvalue weighted by atomic mass is 9.85. The van der Waals surface area contributed by atoms with Gasteiger partial charge in [0.25, 0.3) is 0 Å². The molecule has 1 aromatic rings. The van der Waals surface area contributed by atoms with Gasteiger partial charge in [0.05, 0.1) is 5.92 Å². The first kappa shape index (κ1) is 10.6. The molecule has 2 rings (SSSR count). The molecule has 0 spiro atoms. The first-order valence-electron chi connectivity index (χ1n) is 5.26. The van der Waals surface area contributed by atoms with Crippen LogP contribution in [0.5, 0.6) is 0 Å². The van der Waals surface area contributed by atoms with Crippen LogP contribution in [0.25, 0.3) is 0 Å². The third-order valence-corrected chi connectivity index (χ3v) is 3.88. The molecule has 82 valence electrons. The van der Waals surface area contributed by atoms with Gasteiger partial charge in [-0.1, -0.05) is 6.07 Å². The van der Waals surface area contributed by atoms with Crippen molar-refractivity contribution in [3.05, 3.63) is 22.4 Å². The van der Waals surface area contributed by atoms with Crippen LogP contribution >= 0.6 is 11.3 Å². The molecular weight excluding hydrogens is 210 g/mol. The average Bonchev–Trinajstić information content (AvgIpc) is 2.72. The molecule has 2 N–H and O–H groups in total. The molecule has 0 radical (unpaired) electrons. The molecule has 0 saturated carbocycles. The number of thiophene rings is 1. The minimum Gasteiger partial charge on any atom is -0.481 e. The minimum atomic E-state index is -0.689. The van der Waals surface area contributed by atoms with Crippen LogP contribution in [-0.4, -0.2) is 24.2 Å². The summed E-state index contributed by atoms with van der Waals surface area (Å²) in [4.78, 5) is 12.3. The van der Waals surface area contributed by atoms with Crippen LogP contribution in [-0.2, 0) is 4.79 Å². The van der Waals surface area contributed by atoms with E-state index in [-0.39, 0.29) is 11.8 Å². The Morgan fingerprint density at radius 3 is 3.07 bits per heavy atom. The highest BCUT2D eigenvalue weighted by atomic mass is 32.1. The quantitative estimate of drug-likeness (QED) is 0.826. The Labute approximate surface area is 93.1 Å². The predicted octanol–water partition coefficient (Wildman–Crippen LogP) is 1.92. The van der Waals surface area contributed by atoms with E-state index in [0.29, 0.717) is 0 Å². The van der Waals surface area contributed by atoms with Crippen LogP contribution in [0.3, 0.4) is 0 Å². The van der Waals surface area contributed by atoms with Crippen LogP contribution in [0.2, 0.25) is 0 Å². The molecule has 1 aromatic heterocycles.